The highest BCUT2D eigenvalue weighted by molar-refractivity contribution is 6.21. The molecule has 1 radical (unpaired) electrons. The van der Waals surface area contributed by atoms with Gasteiger partial charge in [0.05, 0.1) is 5.38 Å². The molecule has 9 heavy (non-hydrogen) atoms. The van der Waals surface area contributed by atoms with Crippen molar-refractivity contribution in [3.05, 3.63) is 37.0 Å². The molecule has 0 N–H and O–H groups in total. The third-order valence-electron chi connectivity index (χ3n) is 1.07. The molecule has 2 heteroatoms. The number of rotatable bonds is 1. The Morgan fingerprint density at radius 3 is 2.33 bits per heavy atom. The molecule has 0 aliphatic heterocycles. The maximum absolute atomic E-state index is 5.66. The second kappa shape index (κ2) is 2.83. The van der Waals surface area contributed by atoms with Crippen molar-refractivity contribution >= 4 is 11.6 Å². The van der Waals surface area contributed by atoms with Crippen LogP contribution in [0.25, 0.3) is 0 Å². The number of hydrogen-bond acceptors (Lipinski definition) is 1. The molecule has 1 rings (SSSR count). The van der Waals surface area contributed by atoms with Crippen molar-refractivity contribution in [3.8, 4) is 0 Å². The Bertz CT molecular complexity index is 172. The number of halogens is 1. The molecule has 0 amide bonds. The van der Waals surface area contributed by atoms with Crippen LogP contribution in [0.3, 0.4) is 0 Å². The minimum Gasteiger partial charge on any atom is -0.265 e. The summed E-state index contributed by atoms with van der Waals surface area (Å²) in [5, 5.41) is -0.159. The van der Waals surface area contributed by atoms with Gasteiger partial charge in [0.25, 0.3) is 0 Å². The fraction of sp³-hybridized carbons (Fsp3) is 0.143. The second-order valence-electron chi connectivity index (χ2n) is 1.75. The van der Waals surface area contributed by atoms with E-state index in [1.807, 2.05) is 12.1 Å². The van der Waals surface area contributed by atoms with Crippen LogP contribution in [0.5, 0.6) is 0 Å². The zero-order valence-electron chi connectivity index (χ0n) is 4.92. The lowest BCUT2D eigenvalue weighted by molar-refractivity contribution is 1.17. The monoisotopic (exact) mass is 140 g/mol. The summed E-state index contributed by atoms with van der Waals surface area (Å²) >= 11 is 5.66. The van der Waals surface area contributed by atoms with Gasteiger partial charge < -0.3 is 0 Å². The molecule has 1 aromatic rings. The molecule has 0 aliphatic rings. The molecule has 0 saturated heterocycles. The van der Waals surface area contributed by atoms with Crippen LogP contribution in [0.1, 0.15) is 10.9 Å². The Kier molecular flexibility index (Phi) is 2.06. The molecule has 1 nitrogen and oxygen atoms in total. The van der Waals surface area contributed by atoms with E-state index in [0.717, 1.165) is 5.56 Å². The zero-order valence-corrected chi connectivity index (χ0v) is 5.67. The van der Waals surface area contributed by atoms with Gasteiger partial charge >= 0.3 is 0 Å². The molecule has 1 unspecified atom stereocenters. The number of pyridine rings is 1. The van der Waals surface area contributed by atoms with Crippen LogP contribution in [0, 0.1) is 6.92 Å². The molecular formula is C7H7ClN. The molecule has 0 bridgehead atoms. The van der Waals surface area contributed by atoms with Crippen molar-refractivity contribution < 1.29 is 0 Å². The third kappa shape index (κ3) is 1.68. The zero-order chi connectivity index (χ0) is 6.69. The standard InChI is InChI=1S/C7H7ClN/c1-6(8)7-2-4-9-5-3-7/h2-6H,1H2. The quantitative estimate of drug-likeness (QED) is 0.545. The molecule has 0 aliphatic carbocycles. The van der Waals surface area contributed by atoms with Crippen LogP contribution in [-0.2, 0) is 0 Å². The van der Waals surface area contributed by atoms with Gasteiger partial charge in [0.2, 0.25) is 0 Å². The average Bonchev–Trinajstić information content (AvgIpc) is 1.90. The smallest absolute Gasteiger partial charge is 0.0587 e. The minimum absolute atomic E-state index is 0.159. The fourth-order valence-electron chi connectivity index (χ4n) is 0.572. The van der Waals surface area contributed by atoms with Gasteiger partial charge in [-0.05, 0) is 24.6 Å². The van der Waals surface area contributed by atoms with E-state index in [9.17, 15) is 0 Å². The van der Waals surface area contributed by atoms with Crippen molar-refractivity contribution in [2.24, 2.45) is 0 Å². The van der Waals surface area contributed by atoms with Crippen molar-refractivity contribution in [1.29, 1.82) is 0 Å². The van der Waals surface area contributed by atoms with Crippen LogP contribution < -0.4 is 0 Å². The highest BCUT2D eigenvalue weighted by Crippen LogP contribution is 2.16. The fourth-order valence-corrected chi connectivity index (χ4v) is 0.718. The number of alkyl halides is 1. The molecule has 1 heterocycles. The highest BCUT2D eigenvalue weighted by atomic mass is 35.5. The van der Waals surface area contributed by atoms with Crippen molar-refractivity contribution in [1.82, 2.24) is 4.98 Å². The molecule has 1 atom stereocenters. The summed E-state index contributed by atoms with van der Waals surface area (Å²) in [6, 6.07) is 3.70. The van der Waals surface area contributed by atoms with Crippen LogP contribution in [0.15, 0.2) is 24.5 Å². The predicted molar refractivity (Wildman–Crippen MR) is 38.2 cm³/mol. The van der Waals surface area contributed by atoms with Crippen molar-refractivity contribution in [2.45, 2.75) is 5.38 Å². The molecule has 0 spiro atoms. The highest BCUT2D eigenvalue weighted by Gasteiger charge is 1.96. The van der Waals surface area contributed by atoms with Gasteiger partial charge in [-0.2, -0.15) is 0 Å². The molecule has 0 saturated carbocycles. The first kappa shape index (κ1) is 6.56. The van der Waals surface area contributed by atoms with Gasteiger partial charge in [-0.3, -0.25) is 4.98 Å². The van der Waals surface area contributed by atoms with Crippen LogP contribution >= 0.6 is 11.6 Å². The summed E-state index contributed by atoms with van der Waals surface area (Å²) in [5.74, 6) is 0. The van der Waals surface area contributed by atoms with Crippen LogP contribution in [0.2, 0.25) is 0 Å². The first-order valence-electron chi connectivity index (χ1n) is 2.68. The minimum atomic E-state index is -0.159. The normalized spacial score (nSPS) is 13.1. The molecule has 47 valence electrons. The van der Waals surface area contributed by atoms with E-state index in [0.29, 0.717) is 0 Å². The van der Waals surface area contributed by atoms with Crippen molar-refractivity contribution in [3.63, 3.8) is 0 Å². The maximum Gasteiger partial charge on any atom is 0.0587 e. The number of hydrogen-bond donors (Lipinski definition) is 0. The third-order valence-corrected chi connectivity index (χ3v) is 1.32. The van der Waals surface area contributed by atoms with Gasteiger partial charge in [0.1, 0.15) is 0 Å². The molecule has 0 fully saturated rings. The van der Waals surface area contributed by atoms with E-state index in [2.05, 4.69) is 11.9 Å². The molecule has 1 aromatic heterocycles. The first-order chi connectivity index (χ1) is 4.30. The van der Waals surface area contributed by atoms with E-state index in [-0.39, 0.29) is 5.38 Å². The average molecular weight is 141 g/mol. The van der Waals surface area contributed by atoms with Gasteiger partial charge in [-0.1, -0.05) is 0 Å². The number of nitrogens with zero attached hydrogens (tertiary/aromatic N) is 1. The number of aromatic nitrogens is 1. The van der Waals surface area contributed by atoms with E-state index >= 15 is 0 Å². The topological polar surface area (TPSA) is 12.9 Å². The van der Waals surface area contributed by atoms with E-state index in [4.69, 9.17) is 11.6 Å². The lowest BCUT2D eigenvalue weighted by Crippen LogP contribution is -1.82. The lowest BCUT2D eigenvalue weighted by atomic mass is 10.2. The molecule has 0 aromatic carbocycles. The summed E-state index contributed by atoms with van der Waals surface area (Å²) in [4.78, 5) is 3.84. The largest absolute Gasteiger partial charge is 0.265 e. The summed E-state index contributed by atoms with van der Waals surface area (Å²) in [5.41, 5.74) is 1.01. The Balaban J connectivity index is 2.85. The molecular weight excluding hydrogens is 134 g/mol. The first-order valence-corrected chi connectivity index (χ1v) is 3.11. The van der Waals surface area contributed by atoms with E-state index < -0.39 is 0 Å². The van der Waals surface area contributed by atoms with E-state index in [1.54, 1.807) is 12.4 Å². The Morgan fingerprint density at radius 1 is 1.44 bits per heavy atom. The van der Waals surface area contributed by atoms with E-state index in [1.165, 1.54) is 0 Å². The maximum atomic E-state index is 5.66. The van der Waals surface area contributed by atoms with Crippen molar-refractivity contribution in [2.75, 3.05) is 0 Å². The van der Waals surface area contributed by atoms with Gasteiger partial charge in [0.15, 0.2) is 0 Å². The Hall–Kier alpha value is -0.560. The Morgan fingerprint density at radius 2 is 2.00 bits per heavy atom. The van der Waals surface area contributed by atoms with Gasteiger partial charge in [0, 0.05) is 12.4 Å². The SMILES string of the molecule is [CH2]C(Cl)c1ccncc1. The van der Waals surface area contributed by atoms with Crippen LogP contribution in [-0.4, -0.2) is 4.98 Å². The lowest BCUT2D eigenvalue weighted by Gasteiger charge is -1.98. The summed E-state index contributed by atoms with van der Waals surface area (Å²) in [6.07, 6.45) is 3.41. The second-order valence-corrected chi connectivity index (χ2v) is 2.27. The predicted octanol–water partition coefficient (Wildman–Crippen LogP) is 2.20. The summed E-state index contributed by atoms with van der Waals surface area (Å²) < 4.78 is 0. The van der Waals surface area contributed by atoms with Crippen LogP contribution in [0.4, 0.5) is 0 Å². The summed E-state index contributed by atoms with van der Waals surface area (Å²) in [6.45, 7) is 3.65. The Labute approximate surface area is 59.7 Å². The summed E-state index contributed by atoms with van der Waals surface area (Å²) in [7, 11) is 0. The van der Waals surface area contributed by atoms with Gasteiger partial charge in [-0.25, -0.2) is 0 Å². The van der Waals surface area contributed by atoms with Gasteiger partial charge in [-0.15, -0.1) is 11.6 Å².